The van der Waals surface area contributed by atoms with Crippen molar-refractivity contribution in [1.29, 1.82) is 0 Å². The number of benzene rings is 1. The zero-order valence-electron chi connectivity index (χ0n) is 16.8. The van der Waals surface area contributed by atoms with Gasteiger partial charge in [0.05, 0.1) is 18.8 Å². The summed E-state index contributed by atoms with van der Waals surface area (Å²) in [4.78, 5) is 25.0. The van der Waals surface area contributed by atoms with Gasteiger partial charge in [0.1, 0.15) is 15.7 Å². The van der Waals surface area contributed by atoms with Crippen LogP contribution in [0.5, 0.6) is 0 Å². The number of halogens is 1. The molecule has 0 aliphatic heterocycles. The lowest BCUT2D eigenvalue weighted by molar-refractivity contribution is 0.0527. The molecule has 3 aromatic rings. The molecule has 0 unspecified atom stereocenters. The average molecular weight is 466 g/mol. The number of hydrogen-bond acceptors (Lipinski definition) is 10. The van der Waals surface area contributed by atoms with Crippen molar-refractivity contribution in [3.05, 3.63) is 46.1 Å². The first kappa shape index (κ1) is 22.6. The summed E-state index contributed by atoms with van der Waals surface area (Å²) < 4.78 is 24.6. The fraction of sp³-hybridized carbons (Fsp3) is 0.263. The maximum absolute atomic E-state index is 13.2. The van der Waals surface area contributed by atoms with Crippen LogP contribution in [0, 0.1) is 5.82 Å². The molecule has 12 heteroatoms. The van der Waals surface area contributed by atoms with Gasteiger partial charge in [-0.2, -0.15) is 0 Å². The molecule has 0 aliphatic rings. The second-order valence-corrected chi connectivity index (χ2v) is 8.06. The number of hydrogen-bond donors (Lipinski definition) is 2. The summed E-state index contributed by atoms with van der Waals surface area (Å²) in [7, 11) is 0. The molecule has 4 N–H and O–H groups in total. The maximum atomic E-state index is 13.2. The van der Waals surface area contributed by atoms with Crippen LogP contribution in [0.3, 0.4) is 0 Å². The molecule has 2 heterocycles. The third kappa shape index (κ3) is 4.80. The number of ether oxygens (including phenoxy) is 2. The van der Waals surface area contributed by atoms with E-state index in [-0.39, 0.29) is 40.2 Å². The number of esters is 2. The minimum Gasteiger partial charge on any atom is -0.462 e. The molecule has 2 aromatic heterocycles. The SMILES string of the molecule is CCOC(=O)c1sc(N)c(C(=O)OCC)c1CSc1nnc(-c2ccc(F)cc2)n1N. The number of carbonyl (C=O) groups excluding carboxylic acids is 2. The standard InChI is InChI=1S/C19H20FN5O4S2/c1-3-28-17(26)13-12(14(31-15(13)21)18(27)29-4-2)9-30-19-24-23-16(25(19)22)10-5-7-11(20)8-6-10/h5-8H,3-4,9,21-22H2,1-2H3. The van der Waals surface area contributed by atoms with E-state index < -0.39 is 11.9 Å². The molecule has 0 bridgehead atoms. The van der Waals surface area contributed by atoms with Crippen LogP contribution in [0.4, 0.5) is 9.39 Å². The van der Waals surface area contributed by atoms with Crippen LogP contribution in [0.2, 0.25) is 0 Å². The number of nitrogens with zero attached hydrogens (tertiary/aromatic N) is 3. The van der Waals surface area contributed by atoms with E-state index in [0.29, 0.717) is 22.1 Å². The molecule has 31 heavy (non-hydrogen) atoms. The minimum absolute atomic E-state index is 0.129. The van der Waals surface area contributed by atoms with Crippen molar-refractivity contribution in [2.24, 2.45) is 0 Å². The lowest BCUT2D eigenvalue weighted by Gasteiger charge is -2.08. The van der Waals surface area contributed by atoms with Gasteiger partial charge in [-0.05, 0) is 38.1 Å². The number of carbonyl (C=O) groups is 2. The van der Waals surface area contributed by atoms with Crippen molar-refractivity contribution in [2.75, 3.05) is 24.8 Å². The second kappa shape index (κ2) is 9.79. The Kier molecular flexibility index (Phi) is 7.13. The molecule has 0 aliphatic carbocycles. The quantitative estimate of drug-likeness (QED) is 0.292. The van der Waals surface area contributed by atoms with Crippen LogP contribution in [0.15, 0.2) is 29.4 Å². The summed E-state index contributed by atoms with van der Waals surface area (Å²) in [5.74, 6) is 5.01. The fourth-order valence-corrected chi connectivity index (χ4v) is 4.66. The number of nitrogen functional groups attached to an aromatic ring is 2. The maximum Gasteiger partial charge on any atom is 0.348 e. The van der Waals surface area contributed by atoms with E-state index in [4.69, 9.17) is 21.1 Å². The van der Waals surface area contributed by atoms with Gasteiger partial charge in [-0.3, -0.25) is 0 Å². The lowest BCUT2D eigenvalue weighted by Crippen LogP contribution is -2.13. The van der Waals surface area contributed by atoms with Gasteiger partial charge in [-0.1, -0.05) is 11.8 Å². The summed E-state index contributed by atoms with van der Waals surface area (Å²) in [6.45, 7) is 3.70. The van der Waals surface area contributed by atoms with E-state index in [2.05, 4.69) is 10.2 Å². The first-order valence-corrected chi connectivity index (χ1v) is 11.0. The van der Waals surface area contributed by atoms with Crippen LogP contribution < -0.4 is 11.6 Å². The Hall–Kier alpha value is -3.12. The topological polar surface area (TPSA) is 135 Å². The molecule has 0 saturated carbocycles. The van der Waals surface area contributed by atoms with Crippen LogP contribution in [0.25, 0.3) is 11.4 Å². The third-order valence-electron chi connectivity index (χ3n) is 4.09. The molecule has 9 nitrogen and oxygen atoms in total. The van der Waals surface area contributed by atoms with Gasteiger partial charge >= 0.3 is 11.9 Å². The van der Waals surface area contributed by atoms with E-state index in [9.17, 15) is 14.0 Å². The van der Waals surface area contributed by atoms with Gasteiger partial charge in [0.2, 0.25) is 5.16 Å². The molecule has 164 valence electrons. The first-order chi connectivity index (χ1) is 14.9. The summed E-state index contributed by atoms with van der Waals surface area (Å²) >= 11 is 2.12. The summed E-state index contributed by atoms with van der Waals surface area (Å²) in [5, 5.41) is 8.59. The van der Waals surface area contributed by atoms with Gasteiger partial charge in [-0.15, -0.1) is 21.5 Å². The van der Waals surface area contributed by atoms with Crippen molar-refractivity contribution >= 4 is 40.0 Å². The Morgan fingerprint density at radius 1 is 1.13 bits per heavy atom. The van der Waals surface area contributed by atoms with Crippen LogP contribution in [-0.2, 0) is 15.2 Å². The molecule has 0 atom stereocenters. The Bertz CT molecular complexity index is 1100. The predicted octanol–water partition coefficient (Wildman–Crippen LogP) is 3.09. The number of thiophene rings is 1. The third-order valence-corrected chi connectivity index (χ3v) is 6.10. The van der Waals surface area contributed by atoms with E-state index in [1.807, 2.05) is 0 Å². The smallest absolute Gasteiger partial charge is 0.348 e. The molecule has 0 fully saturated rings. The van der Waals surface area contributed by atoms with Crippen LogP contribution >= 0.6 is 23.1 Å². The Morgan fingerprint density at radius 3 is 2.42 bits per heavy atom. The van der Waals surface area contributed by atoms with E-state index in [1.165, 1.54) is 28.9 Å². The molecule has 0 amide bonds. The highest BCUT2D eigenvalue weighted by Crippen LogP contribution is 2.36. The highest BCUT2D eigenvalue weighted by atomic mass is 32.2. The number of aromatic nitrogens is 3. The monoisotopic (exact) mass is 465 g/mol. The van der Waals surface area contributed by atoms with E-state index in [1.54, 1.807) is 13.8 Å². The van der Waals surface area contributed by atoms with Crippen molar-refractivity contribution in [1.82, 2.24) is 14.9 Å². The molecule has 0 saturated heterocycles. The van der Waals surface area contributed by atoms with E-state index >= 15 is 0 Å². The van der Waals surface area contributed by atoms with Gasteiger partial charge in [0.15, 0.2) is 5.82 Å². The van der Waals surface area contributed by atoms with Crippen molar-refractivity contribution in [2.45, 2.75) is 24.8 Å². The van der Waals surface area contributed by atoms with Gasteiger partial charge in [0, 0.05) is 16.9 Å². The minimum atomic E-state index is -0.622. The summed E-state index contributed by atoms with van der Waals surface area (Å²) in [5.41, 5.74) is 7.11. The molecular weight excluding hydrogens is 445 g/mol. The van der Waals surface area contributed by atoms with Crippen molar-refractivity contribution in [3.8, 4) is 11.4 Å². The largest absolute Gasteiger partial charge is 0.462 e. The number of thioether (sulfide) groups is 1. The highest BCUT2D eigenvalue weighted by molar-refractivity contribution is 7.98. The second-order valence-electron chi connectivity index (χ2n) is 6.06. The zero-order valence-corrected chi connectivity index (χ0v) is 18.4. The van der Waals surface area contributed by atoms with E-state index in [0.717, 1.165) is 23.1 Å². The van der Waals surface area contributed by atoms with Crippen LogP contribution in [0.1, 0.15) is 39.4 Å². The number of nitrogens with two attached hydrogens (primary N) is 2. The Balaban J connectivity index is 1.91. The lowest BCUT2D eigenvalue weighted by atomic mass is 10.1. The number of rotatable bonds is 8. The first-order valence-electron chi connectivity index (χ1n) is 9.21. The molecule has 0 radical (unpaired) electrons. The molecular formula is C19H20FN5O4S2. The summed E-state index contributed by atoms with van der Waals surface area (Å²) in [6.07, 6.45) is 0. The molecule has 3 rings (SSSR count). The Morgan fingerprint density at radius 2 is 1.77 bits per heavy atom. The van der Waals surface area contributed by atoms with Gasteiger partial charge in [0.25, 0.3) is 0 Å². The number of anilines is 1. The fourth-order valence-electron chi connectivity index (χ4n) is 2.72. The molecule has 1 aromatic carbocycles. The Labute approximate surface area is 185 Å². The summed E-state index contributed by atoms with van der Waals surface area (Å²) in [6, 6.07) is 5.66. The average Bonchev–Trinajstić information content (AvgIpc) is 3.27. The predicted molar refractivity (Wildman–Crippen MR) is 116 cm³/mol. The zero-order chi connectivity index (χ0) is 22.5. The van der Waals surface area contributed by atoms with Crippen molar-refractivity contribution < 1.29 is 23.5 Å². The molecule has 0 spiro atoms. The van der Waals surface area contributed by atoms with Crippen LogP contribution in [-0.4, -0.2) is 40.0 Å². The van der Waals surface area contributed by atoms with Gasteiger partial charge < -0.3 is 21.1 Å². The van der Waals surface area contributed by atoms with Gasteiger partial charge in [-0.25, -0.2) is 18.7 Å². The normalized spacial score (nSPS) is 10.8. The van der Waals surface area contributed by atoms with Crippen molar-refractivity contribution in [3.63, 3.8) is 0 Å². The highest BCUT2D eigenvalue weighted by Gasteiger charge is 2.28.